The average molecular weight is 518 g/mol. The molecule has 0 saturated heterocycles. The van der Waals surface area contributed by atoms with Crippen LogP contribution in [0.1, 0.15) is 11.1 Å². The fourth-order valence-electron chi connectivity index (χ4n) is 4.21. The summed E-state index contributed by atoms with van der Waals surface area (Å²) in [5, 5.41) is 9.38. The van der Waals surface area contributed by atoms with E-state index in [0.717, 1.165) is 39.4 Å². The van der Waals surface area contributed by atoms with Gasteiger partial charge in [0, 0.05) is 22.9 Å². The highest BCUT2D eigenvalue weighted by molar-refractivity contribution is 7.15. The quantitative estimate of drug-likeness (QED) is 0.276. The molecule has 8 heteroatoms. The van der Waals surface area contributed by atoms with Crippen molar-refractivity contribution in [2.75, 3.05) is 6.61 Å². The van der Waals surface area contributed by atoms with Gasteiger partial charge in [0.15, 0.2) is 5.82 Å². The molecule has 0 aliphatic carbocycles. The summed E-state index contributed by atoms with van der Waals surface area (Å²) in [5.74, 6) is 1.30. The normalized spacial score (nSPS) is 11.8. The second-order valence-electron chi connectivity index (χ2n) is 8.70. The number of nitrogens with zero attached hydrogens (tertiary/aromatic N) is 5. The van der Waals surface area contributed by atoms with Crippen LogP contribution in [0.2, 0.25) is 0 Å². The Hall–Kier alpha value is -4.82. The molecule has 0 amide bonds. The molecule has 0 saturated carbocycles. The minimum absolute atomic E-state index is 0.205. The van der Waals surface area contributed by atoms with Crippen LogP contribution in [-0.2, 0) is 0 Å². The number of hydrogen-bond donors (Lipinski definition) is 0. The number of ether oxygens (including phenoxy) is 1. The van der Waals surface area contributed by atoms with Gasteiger partial charge in [-0.15, -0.1) is 5.10 Å². The van der Waals surface area contributed by atoms with E-state index in [9.17, 15) is 4.79 Å². The Morgan fingerprint density at radius 1 is 0.974 bits per heavy atom. The number of aromatic nitrogens is 5. The van der Waals surface area contributed by atoms with Gasteiger partial charge in [0.25, 0.3) is 5.56 Å². The van der Waals surface area contributed by atoms with Crippen LogP contribution in [0.15, 0.2) is 103 Å². The molecular weight excluding hydrogens is 494 g/mol. The molecule has 6 rings (SSSR count). The van der Waals surface area contributed by atoms with Crippen LogP contribution < -0.4 is 14.8 Å². The van der Waals surface area contributed by atoms with Crippen molar-refractivity contribution in [1.82, 2.24) is 24.4 Å². The number of hydrogen-bond acceptors (Lipinski definition) is 6. The second-order valence-corrected chi connectivity index (χ2v) is 9.71. The number of fused-ring (bicyclic) bond motifs is 1. The number of rotatable bonds is 7. The third kappa shape index (κ3) is 4.42. The topological polar surface area (TPSA) is 74.3 Å². The first kappa shape index (κ1) is 23.6. The van der Waals surface area contributed by atoms with Crippen molar-refractivity contribution >= 4 is 22.4 Å². The number of aryl methyl sites for hydroxylation is 1. The SMILES string of the molecule is C=CCOc1ccc(-c2nn(-c3ccccc3)cc2C=c2sc3nc(-c4ccccc4C)nn3c2=O)cc1. The number of thiazole rings is 1. The lowest BCUT2D eigenvalue weighted by atomic mass is 10.1. The maximum absolute atomic E-state index is 13.3. The van der Waals surface area contributed by atoms with E-state index in [-0.39, 0.29) is 5.56 Å². The van der Waals surface area contributed by atoms with Crippen molar-refractivity contribution in [3.63, 3.8) is 0 Å². The van der Waals surface area contributed by atoms with Gasteiger partial charge in [-0.25, -0.2) is 4.68 Å². The first-order valence-electron chi connectivity index (χ1n) is 12.1. The molecule has 0 spiro atoms. The van der Waals surface area contributed by atoms with Gasteiger partial charge in [0.2, 0.25) is 4.96 Å². The van der Waals surface area contributed by atoms with Gasteiger partial charge >= 0.3 is 0 Å². The first-order chi connectivity index (χ1) is 18.6. The van der Waals surface area contributed by atoms with E-state index >= 15 is 0 Å². The van der Waals surface area contributed by atoms with Crippen molar-refractivity contribution in [3.8, 4) is 34.1 Å². The lowest BCUT2D eigenvalue weighted by Gasteiger charge is -2.04. The average Bonchev–Trinajstić information content (AvgIpc) is 3.64. The maximum atomic E-state index is 13.3. The van der Waals surface area contributed by atoms with Gasteiger partial charge in [-0.05, 0) is 55.0 Å². The van der Waals surface area contributed by atoms with Crippen LogP contribution in [0.25, 0.3) is 39.4 Å². The Balaban J connectivity index is 1.45. The Bertz CT molecular complexity index is 1870. The predicted octanol–water partition coefficient (Wildman–Crippen LogP) is 5.09. The van der Waals surface area contributed by atoms with E-state index in [1.807, 2.05) is 103 Å². The lowest BCUT2D eigenvalue weighted by molar-refractivity contribution is 0.363. The molecule has 0 fully saturated rings. The van der Waals surface area contributed by atoms with Crippen LogP contribution in [-0.4, -0.2) is 31.0 Å². The predicted molar refractivity (Wildman–Crippen MR) is 151 cm³/mol. The van der Waals surface area contributed by atoms with Crippen molar-refractivity contribution in [2.45, 2.75) is 6.92 Å². The Labute approximate surface area is 222 Å². The largest absolute Gasteiger partial charge is 0.490 e. The fraction of sp³-hybridized carbons (Fsp3) is 0.0667. The molecule has 6 aromatic rings. The van der Waals surface area contributed by atoms with E-state index < -0.39 is 0 Å². The van der Waals surface area contributed by atoms with Crippen molar-refractivity contribution in [3.05, 3.63) is 124 Å². The molecule has 38 heavy (non-hydrogen) atoms. The molecular formula is C30H23N5O2S. The minimum atomic E-state index is -0.205. The monoisotopic (exact) mass is 517 g/mol. The molecule has 0 aliphatic rings. The molecule has 0 unspecified atom stereocenters. The lowest BCUT2D eigenvalue weighted by Crippen LogP contribution is -2.23. The highest BCUT2D eigenvalue weighted by Crippen LogP contribution is 2.27. The first-order valence-corrected chi connectivity index (χ1v) is 12.9. The van der Waals surface area contributed by atoms with E-state index in [4.69, 9.17) is 9.84 Å². The smallest absolute Gasteiger partial charge is 0.291 e. The standard InChI is InChI=1S/C30H23N5O2S/c1-3-17-37-24-15-13-21(14-16-24)27-22(19-34(32-27)23-10-5-4-6-11-23)18-26-29(36)35-30(38-26)31-28(33-35)25-12-8-7-9-20(25)2/h3-16,18-19H,1,17H2,2H3. The molecule has 0 radical (unpaired) electrons. The van der Waals surface area contributed by atoms with Gasteiger partial charge in [-0.3, -0.25) is 4.79 Å². The van der Waals surface area contributed by atoms with E-state index in [1.165, 1.54) is 15.9 Å². The van der Waals surface area contributed by atoms with Crippen molar-refractivity contribution < 1.29 is 4.74 Å². The summed E-state index contributed by atoms with van der Waals surface area (Å²) in [5.41, 5.74) is 5.17. The van der Waals surface area contributed by atoms with Crippen LogP contribution in [0.4, 0.5) is 0 Å². The minimum Gasteiger partial charge on any atom is -0.490 e. The zero-order valence-electron chi connectivity index (χ0n) is 20.6. The summed E-state index contributed by atoms with van der Waals surface area (Å²) in [4.78, 5) is 18.5. The van der Waals surface area contributed by atoms with Gasteiger partial charge in [0.05, 0.1) is 10.2 Å². The van der Waals surface area contributed by atoms with E-state index in [0.29, 0.717) is 21.9 Å². The third-order valence-corrected chi connectivity index (χ3v) is 7.07. The summed E-state index contributed by atoms with van der Waals surface area (Å²) >= 11 is 1.32. The fourth-order valence-corrected chi connectivity index (χ4v) is 5.11. The van der Waals surface area contributed by atoms with Gasteiger partial charge in [-0.2, -0.15) is 14.6 Å². The van der Waals surface area contributed by atoms with Crippen LogP contribution in [0, 0.1) is 6.92 Å². The van der Waals surface area contributed by atoms with Gasteiger partial charge in [0.1, 0.15) is 18.1 Å². The molecule has 0 bridgehead atoms. The second kappa shape index (κ2) is 9.91. The summed E-state index contributed by atoms with van der Waals surface area (Å²) in [7, 11) is 0. The van der Waals surface area contributed by atoms with Crippen molar-refractivity contribution in [2.24, 2.45) is 0 Å². The van der Waals surface area contributed by atoms with E-state index in [1.54, 1.807) is 6.08 Å². The van der Waals surface area contributed by atoms with Crippen molar-refractivity contribution in [1.29, 1.82) is 0 Å². The maximum Gasteiger partial charge on any atom is 0.291 e. The zero-order chi connectivity index (χ0) is 26.1. The van der Waals surface area contributed by atoms with Crippen LogP contribution in [0.3, 0.4) is 0 Å². The number of para-hydroxylation sites is 1. The Kier molecular flexibility index (Phi) is 6.15. The molecule has 0 atom stereocenters. The Morgan fingerprint density at radius 2 is 1.74 bits per heavy atom. The molecule has 186 valence electrons. The Morgan fingerprint density at radius 3 is 2.47 bits per heavy atom. The molecule has 0 aliphatic heterocycles. The van der Waals surface area contributed by atoms with Gasteiger partial charge < -0.3 is 4.74 Å². The third-order valence-electron chi connectivity index (χ3n) is 6.11. The van der Waals surface area contributed by atoms with Gasteiger partial charge in [-0.1, -0.05) is 66.5 Å². The summed E-state index contributed by atoms with van der Waals surface area (Å²) in [6.45, 7) is 6.13. The molecule has 3 heterocycles. The molecule has 0 N–H and O–H groups in total. The zero-order valence-corrected chi connectivity index (χ0v) is 21.4. The molecule has 7 nitrogen and oxygen atoms in total. The molecule has 3 aromatic carbocycles. The highest BCUT2D eigenvalue weighted by Gasteiger charge is 2.16. The van der Waals surface area contributed by atoms with Crippen LogP contribution in [0.5, 0.6) is 5.75 Å². The van der Waals surface area contributed by atoms with Crippen LogP contribution >= 0.6 is 11.3 Å². The number of benzene rings is 3. The summed E-state index contributed by atoms with van der Waals surface area (Å²) in [6.07, 6.45) is 5.50. The summed E-state index contributed by atoms with van der Waals surface area (Å²) in [6, 6.07) is 25.5. The van der Waals surface area contributed by atoms with E-state index in [2.05, 4.69) is 16.7 Å². The molecule has 3 aromatic heterocycles. The summed E-state index contributed by atoms with van der Waals surface area (Å²) < 4.78 is 9.37. The highest BCUT2D eigenvalue weighted by atomic mass is 32.1.